The van der Waals surface area contributed by atoms with Gasteiger partial charge in [-0.1, -0.05) is 54.6 Å². The van der Waals surface area contributed by atoms with Crippen molar-refractivity contribution in [2.45, 2.75) is 31.8 Å². The van der Waals surface area contributed by atoms with Crippen LogP contribution in [-0.4, -0.2) is 29.1 Å². The lowest BCUT2D eigenvalue weighted by molar-refractivity contribution is -0.128. The van der Waals surface area contributed by atoms with Gasteiger partial charge in [0.05, 0.1) is 18.4 Å². The molecule has 0 radical (unpaired) electrons. The van der Waals surface area contributed by atoms with Crippen LogP contribution in [0.2, 0.25) is 0 Å². The minimum absolute atomic E-state index is 0.0439. The Labute approximate surface area is 199 Å². The van der Waals surface area contributed by atoms with Gasteiger partial charge in [-0.2, -0.15) is 0 Å². The van der Waals surface area contributed by atoms with Crippen molar-refractivity contribution in [3.8, 4) is 5.75 Å². The van der Waals surface area contributed by atoms with Gasteiger partial charge >= 0.3 is 0 Å². The molecule has 0 bridgehead atoms. The van der Waals surface area contributed by atoms with E-state index in [1.807, 2.05) is 97.6 Å². The molecule has 33 heavy (non-hydrogen) atoms. The number of hydrogen-bond acceptors (Lipinski definition) is 4. The Kier molecular flexibility index (Phi) is 7.35. The first-order chi connectivity index (χ1) is 16.0. The predicted molar refractivity (Wildman–Crippen MR) is 132 cm³/mol. The molecule has 2 atom stereocenters. The van der Waals surface area contributed by atoms with Gasteiger partial charge in [0.2, 0.25) is 5.91 Å². The van der Waals surface area contributed by atoms with Crippen LogP contribution in [0.4, 0.5) is 0 Å². The minimum Gasteiger partial charge on any atom is -0.494 e. The highest BCUT2D eigenvalue weighted by Gasteiger charge is 2.32. The number of amides is 2. The van der Waals surface area contributed by atoms with Crippen molar-refractivity contribution in [3.63, 3.8) is 0 Å². The summed E-state index contributed by atoms with van der Waals surface area (Å²) in [5.41, 5.74) is 3.75. The van der Waals surface area contributed by atoms with Crippen LogP contribution in [0.1, 0.15) is 52.3 Å². The summed E-state index contributed by atoms with van der Waals surface area (Å²) < 4.78 is 5.48. The number of hydrogen-bond donors (Lipinski definition) is 1. The van der Waals surface area contributed by atoms with E-state index >= 15 is 0 Å². The molecule has 1 fully saturated rings. The fourth-order valence-electron chi connectivity index (χ4n) is 3.86. The Morgan fingerprint density at radius 1 is 1.06 bits per heavy atom. The number of carbonyl (C=O) groups excluding carboxylic acids is 2. The molecule has 1 heterocycles. The zero-order chi connectivity index (χ0) is 23.2. The van der Waals surface area contributed by atoms with Gasteiger partial charge in [-0.3, -0.25) is 9.59 Å². The first kappa shape index (κ1) is 22.9. The molecule has 4 rings (SSSR count). The highest BCUT2D eigenvalue weighted by Crippen LogP contribution is 2.39. The number of rotatable bonds is 8. The summed E-state index contributed by atoms with van der Waals surface area (Å²) in [4.78, 5) is 27.2. The fraction of sp³-hybridized carbons (Fsp3) is 0.259. The Morgan fingerprint density at radius 3 is 2.42 bits per heavy atom. The van der Waals surface area contributed by atoms with Crippen LogP contribution in [0.3, 0.4) is 0 Å². The highest BCUT2D eigenvalue weighted by atomic mass is 32.2. The van der Waals surface area contributed by atoms with E-state index in [2.05, 4.69) is 5.32 Å². The molecule has 0 unspecified atom stereocenters. The molecule has 1 aliphatic rings. The summed E-state index contributed by atoms with van der Waals surface area (Å²) in [5, 5.41) is 3.01. The smallest absolute Gasteiger partial charge is 0.251 e. The molecule has 1 N–H and O–H groups in total. The molecule has 6 heteroatoms. The van der Waals surface area contributed by atoms with Crippen molar-refractivity contribution in [2.75, 3.05) is 12.4 Å². The average molecular weight is 461 g/mol. The van der Waals surface area contributed by atoms with Gasteiger partial charge in [0.25, 0.3) is 5.91 Å². The number of carbonyl (C=O) groups is 2. The number of thioether (sulfide) groups is 1. The van der Waals surface area contributed by atoms with Crippen molar-refractivity contribution >= 4 is 23.6 Å². The van der Waals surface area contributed by atoms with Crippen LogP contribution in [0.25, 0.3) is 0 Å². The topological polar surface area (TPSA) is 58.6 Å². The van der Waals surface area contributed by atoms with Crippen LogP contribution in [0, 0.1) is 0 Å². The molecular formula is C27H28N2O3S. The lowest BCUT2D eigenvalue weighted by Crippen LogP contribution is -2.28. The number of nitrogens with zero attached hydrogens (tertiary/aromatic N) is 1. The van der Waals surface area contributed by atoms with Gasteiger partial charge in [-0.15, -0.1) is 11.8 Å². The normalized spacial score (nSPS) is 16.5. The SMILES string of the molecule is CCOc1ccc([C@@H](C)NC(=O)c2ccc([C@H]3SCC(=O)N3Cc3ccccc3)cc2)cc1. The Morgan fingerprint density at radius 2 is 1.76 bits per heavy atom. The first-order valence-corrected chi connectivity index (χ1v) is 12.2. The molecule has 170 valence electrons. The summed E-state index contributed by atoms with van der Waals surface area (Å²) in [6, 6.07) is 25.2. The van der Waals surface area contributed by atoms with Crippen molar-refractivity contribution in [2.24, 2.45) is 0 Å². The Bertz CT molecular complexity index is 1080. The Hall–Kier alpha value is -3.25. The quantitative estimate of drug-likeness (QED) is 0.492. The van der Waals surface area contributed by atoms with Crippen LogP contribution >= 0.6 is 11.8 Å². The summed E-state index contributed by atoms with van der Waals surface area (Å²) >= 11 is 1.62. The van der Waals surface area contributed by atoms with E-state index in [1.54, 1.807) is 11.8 Å². The van der Waals surface area contributed by atoms with E-state index < -0.39 is 0 Å². The van der Waals surface area contributed by atoms with Gasteiger partial charge < -0.3 is 15.0 Å². The van der Waals surface area contributed by atoms with E-state index in [9.17, 15) is 9.59 Å². The van der Waals surface area contributed by atoms with E-state index in [0.717, 1.165) is 22.4 Å². The van der Waals surface area contributed by atoms with Crippen molar-refractivity contribution in [1.29, 1.82) is 0 Å². The fourth-order valence-corrected chi connectivity index (χ4v) is 5.05. The molecule has 5 nitrogen and oxygen atoms in total. The van der Waals surface area contributed by atoms with Crippen LogP contribution in [0.5, 0.6) is 5.75 Å². The molecule has 0 aliphatic carbocycles. The molecule has 1 saturated heterocycles. The largest absolute Gasteiger partial charge is 0.494 e. The molecule has 2 amide bonds. The maximum absolute atomic E-state index is 12.8. The molecule has 0 aromatic heterocycles. The summed E-state index contributed by atoms with van der Waals surface area (Å²) in [6.07, 6.45) is 0. The van der Waals surface area contributed by atoms with Gasteiger partial charge in [-0.05, 0) is 54.8 Å². The second-order valence-corrected chi connectivity index (χ2v) is 9.06. The van der Waals surface area contributed by atoms with Crippen molar-refractivity contribution in [3.05, 3.63) is 101 Å². The third-order valence-electron chi connectivity index (χ3n) is 5.66. The monoisotopic (exact) mass is 460 g/mol. The van der Waals surface area contributed by atoms with E-state index in [1.165, 1.54) is 0 Å². The van der Waals surface area contributed by atoms with Gasteiger partial charge in [0.1, 0.15) is 11.1 Å². The average Bonchev–Trinajstić information content (AvgIpc) is 3.20. The van der Waals surface area contributed by atoms with E-state index in [-0.39, 0.29) is 23.2 Å². The molecular weight excluding hydrogens is 432 g/mol. The van der Waals surface area contributed by atoms with Gasteiger partial charge in [-0.25, -0.2) is 0 Å². The maximum Gasteiger partial charge on any atom is 0.251 e. The minimum atomic E-state index is -0.128. The molecule has 0 spiro atoms. The zero-order valence-corrected chi connectivity index (χ0v) is 19.7. The van der Waals surface area contributed by atoms with Crippen molar-refractivity contribution < 1.29 is 14.3 Å². The standard InChI is InChI=1S/C27H28N2O3S/c1-3-32-24-15-13-21(14-16-24)19(2)28-26(31)22-9-11-23(12-10-22)27-29(25(30)18-33-27)17-20-7-5-4-6-8-20/h4-16,19,27H,3,17-18H2,1-2H3,(H,28,31)/t19-,27-/m1/s1. The summed E-state index contributed by atoms with van der Waals surface area (Å²) in [5.74, 6) is 1.30. The third kappa shape index (κ3) is 5.57. The van der Waals surface area contributed by atoms with Crippen LogP contribution < -0.4 is 10.1 Å². The highest BCUT2D eigenvalue weighted by molar-refractivity contribution is 8.00. The second-order valence-electron chi connectivity index (χ2n) is 7.99. The zero-order valence-electron chi connectivity index (χ0n) is 18.9. The lowest BCUT2D eigenvalue weighted by atomic mass is 10.1. The molecule has 0 saturated carbocycles. The molecule has 3 aromatic rings. The van der Waals surface area contributed by atoms with Crippen LogP contribution in [0.15, 0.2) is 78.9 Å². The first-order valence-electron chi connectivity index (χ1n) is 11.1. The maximum atomic E-state index is 12.8. The predicted octanol–water partition coefficient (Wildman–Crippen LogP) is 5.35. The number of ether oxygens (including phenoxy) is 1. The Balaban J connectivity index is 1.40. The number of benzene rings is 3. The molecule has 3 aromatic carbocycles. The van der Waals surface area contributed by atoms with E-state index in [0.29, 0.717) is 24.5 Å². The summed E-state index contributed by atoms with van der Waals surface area (Å²) in [6.45, 7) is 5.12. The lowest BCUT2D eigenvalue weighted by Gasteiger charge is -2.24. The van der Waals surface area contributed by atoms with Gasteiger partial charge in [0.15, 0.2) is 0 Å². The second kappa shape index (κ2) is 10.6. The van der Waals surface area contributed by atoms with Crippen LogP contribution in [-0.2, 0) is 11.3 Å². The molecule has 1 aliphatic heterocycles. The van der Waals surface area contributed by atoms with Crippen molar-refractivity contribution in [1.82, 2.24) is 10.2 Å². The van der Waals surface area contributed by atoms with E-state index in [4.69, 9.17) is 4.74 Å². The van der Waals surface area contributed by atoms with Gasteiger partial charge in [0, 0.05) is 12.1 Å². The summed E-state index contributed by atoms with van der Waals surface area (Å²) in [7, 11) is 0. The third-order valence-corrected chi connectivity index (χ3v) is 6.92. The number of nitrogens with one attached hydrogen (secondary N) is 1.